The summed E-state index contributed by atoms with van der Waals surface area (Å²) in [7, 11) is 0. The zero-order valence-electron chi connectivity index (χ0n) is 17.6. The lowest BCUT2D eigenvalue weighted by atomic mass is 10.1. The van der Waals surface area contributed by atoms with Crippen LogP contribution in [0.4, 0.5) is 0 Å². The van der Waals surface area contributed by atoms with Crippen molar-refractivity contribution in [3.05, 3.63) is 53.3 Å². The molecule has 2 heterocycles. The topological polar surface area (TPSA) is 72.7 Å². The second-order valence-corrected chi connectivity index (χ2v) is 7.79. The Bertz CT molecular complexity index is 745. The van der Waals surface area contributed by atoms with Crippen LogP contribution >= 0.6 is 11.6 Å². The van der Waals surface area contributed by atoms with E-state index in [2.05, 4.69) is 22.7 Å². The highest BCUT2D eigenvalue weighted by Gasteiger charge is 2.16. The Hall–Kier alpha value is -2.09. The number of ether oxygens (including phenoxy) is 2. The van der Waals surface area contributed by atoms with E-state index in [1.54, 1.807) is 6.20 Å². The van der Waals surface area contributed by atoms with Gasteiger partial charge in [-0.1, -0.05) is 23.7 Å². The number of hydrogen-bond acceptors (Lipinski definition) is 4. The van der Waals surface area contributed by atoms with Crippen molar-refractivity contribution in [3.8, 4) is 0 Å². The second kappa shape index (κ2) is 12.6. The molecule has 164 valence electrons. The third-order valence-corrected chi connectivity index (χ3v) is 5.25. The van der Waals surface area contributed by atoms with Crippen LogP contribution in [0.25, 0.3) is 0 Å². The Labute approximate surface area is 183 Å². The molecule has 2 aromatic rings. The van der Waals surface area contributed by atoms with Gasteiger partial charge in [0.25, 0.3) is 0 Å². The fourth-order valence-electron chi connectivity index (χ4n) is 3.36. The fourth-order valence-corrected chi connectivity index (χ4v) is 3.48. The molecular formula is C22H32ClN5O2. The molecule has 1 aromatic heterocycles. The molecule has 0 aliphatic carbocycles. The molecule has 30 heavy (non-hydrogen) atoms. The average molecular weight is 434 g/mol. The molecule has 0 radical (unpaired) electrons. The summed E-state index contributed by atoms with van der Waals surface area (Å²) in [5.74, 6) is 1.36. The molecule has 1 aliphatic rings. The van der Waals surface area contributed by atoms with Crippen molar-refractivity contribution in [1.82, 2.24) is 20.4 Å². The van der Waals surface area contributed by atoms with E-state index in [0.29, 0.717) is 12.5 Å². The molecule has 0 amide bonds. The molecule has 1 saturated heterocycles. The van der Waals surface area contributed by atoms with Crippen molar-refractivity contribution in [2.45, 2.75) is 25.8 Å². The first kappa shape index (κ1) is 22.6. The third kappa shape index (κ3) is 7.31. The van der Waals surface area contributed by atoms with Crippen molar-refractivity contribution in [1.29, 1.82) is 0 Å². The molecule has 2 N–H and O–H groups in total. The average Bonchev–Trinajstić information content (AvgIpc) is 3.46. The highest BCUT2D eigenvalue weighted by Crippen LogP contribution is 2.20. The zero-order chi connectivity index (χ0) is 21.0. The summed E-state index contributed by atoms with van der Waals surface area (Å²) >= 11 is 6.05. The quantitative estimate of drug-likeness (QED) is 0.323. The second-order valence-electron chi connectivity index (χ2n) is 7.36. The summed E-state index contributed by atoms with van der Waals surface area (Å²) in [6.45, 7) is 7.47. The van der Waals surface area contributed by atoms with Gasteiger partial charge in [-0.25, -0.2) is 0 Å². The first-order chi connectivity index (χ1) is 14.8. The Balaban J connectivity index is 1.50. The highest BCUT2D eigenvalue weighted by atomic mass is 35.5. The molecule has 1 fully saturated rings. The molecule has 3 rings (SSSR count). The first-order valence-corrected chi connectivity index (χ1v) is 11.1. The van der Waals surface area contributed by atoms with Gasteiger partial charge in [-0.2, -0.15) is 5.10 Å². The van der Waals surface area contributed by atoms with E-state index in [9.17, 15) is 0 Å². The summed E-state index contributed by atoms with van der Waals surface area (Å²) in [4.78, 5) is 4.79. The van der Waals surface area contributed by atoms with Crippen LogP contribution in [0, 0.1) is 5.92 Å². The Morgan fingerprint density at radius 2 is 2.23 bits per heavy atom. The Morgan fingerprint density at radius 1 is 1.37 bits per heavy atom. The number of guanidine groups is 1. The smallest absolute Gasteiger partial charge is 0.191 e. The normalized spacial score (nSPS) is 17.8. The van der Waals surface area contributed by atoms with Crippen molar-refractivity contribution >= 4 is 17.6 Å². The van der Waals surface area contributed by atoms with Gasteiger partial charge in [-0.3, -0.25) is 9.67 Å². The van der Waals surface area contributed by atoms with Crippen molar-refractivity contribution < 1.29 is 9.47 Å². The molecule has 0 bridgehead atoms. The number of rotatable bonds is 11. The van der Waals surface area contributed by atoms with Crippen LogP contribution in [-0.4, -0.2) is 61.8 Å². The van der Waals surface area contributed by atoms with Crippen LogP contribution in [0.3, 0.4) is 0 Å². The van der Waals surface area contributed by atoms with Crippen LogP contribution in [0.2, 0.25) is 5.02 Å². The summed E-state index contributed by atoms with van der Waals surface area (Å²) in [6.07, 6.45) is 5.79. The van der Waals surface area contributed by atoms with Crippen LogP contribution in [0.1, 0.15) is 31.4 Å². The lowest BCUT2D eigenvalue weighted by Gasteiger charge is -2.18. The molecule has 2 atom stereocenters. The standard InChI is InChI=1S/C22H32ClN5O2/c1-2-24-22(25-10-4-13-29-16-18-9-14-30-17-18)26-15-21(28-12-3-11-27-28)19-5-7-20(23)8-6-19/h3,5-8,11-12,18,21H,2,4,9-10,13-17H2,1H3,(H2,24,25,26). The van der Waals surface area contributed by atoms with Gasteiger partial charge in [0.05, 0.1) is 25.8 Å². The van der Waals surface area contributed by atoms with E-state index in [0.717, 1.165) is 68.9 Å². The maximum absolute atomic E-state index is 6.05. The number of aliphatic imine (C=N–C) groups is 1. The van der Waals surface area contributed by atoms with Gasteiger partial charge in [0.2, 0.25) is 0 Å². The number of halogens is 1. The van der Waals surface area contributed by atoms with Gasteiger partial charge in [-0.15, -0.1) is 0 Å². The van der Waals surface area contributed by atoms with Crippen LogP contribution < -0.4 is 10.6 Å². The van der Waals surface area contributed by atoms with E-state index >= 15 is 0 Å². The minimum Gasteiger partial charge on any atom is -0.381 e. The van der Waals surface area contributed by atoms with Gasteiger partial charge in [0, 0.05) is 49.6 Å². The minimum absolute atomic E-state index is 0.00434. The van der Waals surface area contributed by atoms with Gasteiger partial charge in [0.1, 0.15) is 0 Å². The summed E-state index contributed by atoms with van der Waals surface area (Å²) in [5.41, 5.74) is 1.12. The van der Waals surface area contributed by atoms with Crippen molar-refractivity contribution in [2.75, 3.05) is 46.1 Å². The highest BCUT2D eigenvalue weighted by molar-refractivity contribution is 6.30. The van der Waals surface area contributed by atoms with Gasteiger partial charge < -0.3 is 20.1 Å². The predicted octanol–water partition coefficient (Wildman–Crippen LogP) is 3.12. The van der Waals surface area contributed by atoms with Crippen molar-refractivity contribution in [3.63, 3.8) is 0 Å². The van der Waals surface area contributed by atoms with Gasteiger partial charge in [-0.05, 0) is 43.5 Å². The summed E-state index contributed by atoms with van der Waals surface area (Å²) in [6, 6.07) is 9.78. The minimum atomic E-state index is 0.00434. The van der Waals surface area contributed by atoms with Crippen LogP contribution in [-0.2, 0) is 9.47 Å². The monoisotopic (exact) mass is 433 g/mol. The van der Waals surface area contributed by atoms with Gasteiger partial charge in [0.15, 0.2) is 5.96 Å². The molecule has 2 unspecified atom stereocenters. The molecule has 0 saturated carbocycles. The van der Waals surface area contributed by atoms with Crippen LogP contribution in [0.5, 0.6) is 0 Å². The van der Waals surface area contributed by atoms with Crippen LogP contribution in [0.15, 0.2) is 47.7 Å². The fraction of sp³-hybridized carbons (Fsp3) is 0.545. The number of benzene rings is 1. The van der Waals surface area contributed by atoms with Gasteiger partial charge >= 0.3 is 0 Å². The number of aromatic nitrogens is 2. The molecule has 0 spiro atoms. The molecule has 7 nitrogen and oxygen atoms in total. The zero-order valence-corrected chi connectivity index (χ0v) is 18.4. The van der Waals surface area contributed by atoms with E-state index in [1.807, 2.05) is 41.2 Å². The maximum Gasteiger partial charge on any atom is 0.191 e. The number of nitrogens with zero attached hydrogens (tertiary/aromatic N) is 3. The maximum atomic E-state index is 6.05. The van der Waals surface area contributed by atoms with E-state index in [1.165, 1.54) is 0 Å². The molecule has 1 aromatic carbocycles. The Kier molecular flexibility index (Phi) is 9.47. The lowest BCUT2D eigenvalue weighted by molar-refractivity contribution is 0.0888. The predicted molar refractivity (Wildman–Crippen MR) is 120 cm³/mol. The third-order valence-electron chi connectivity index (χ3n) is 5.00. The Morgan fingerprint density at radius 3 is 2.93 bits per heavy atom. The van der Waals surface area contributed by atoms with E-state index in [-0.39, 0.29) is 6.04 Å². The largest absolute Gasteiger partial charge is 0.381 e. The summed E-state index contributed by atoms with van der Waals surface area (Å²) < 4.78 is 13.1. The molecule has 8 heteroatoms. The van der Waals surface area contributed by atoms with E-state index in [4.69, 9.17) is 26.1 Å². The van der Waals surface area contributed by atoms with Crippen molar-refractivity contribution in [2.24, 2.45) is 10.9 Å². The molecule has 1 aliphatic heterocycles. The lowest BCUT2D eigenvalue weighted by Crippen LogP contribution is -2.38. The number of hydrogen-bond donors (Lipinski definition) is 2. The molecular weight excluding hydrogens is 402 g/mol. The summed E-state index contributed by atoms with van der Waals surface area (Å²) in [5, 5.41) is 11.8. The SMILES string of the molecule is CCNC(=NCC(c1ccc(Cl)cc1)n1cccn1)NCCCOCC1CCOC1. The number of nitrogens with one attached hydrogen (secondary N) is 2. The first-order valence-electron chi connectivity index (χ1n) is 10.7. The van der Waals surface area contributed by atoms with E-state index < -0.39 is 0 Å².